The van der Waals surface area contributed by atoms with Crippen molar-refractivity contribution in [3.8, 4) is 0 Å². The summed E-state index contributed by atoms with van der Waals surface area (Å²) < 4.78 is 0. The van der Waals surface area contributed by atoms with Gasteiger partial charge in [-0.25, -0.2) is 4.98 Å². The topological polar surface area (TPSA) is 78.2 Å². The van der Waals surface area contributed by atoms with Crippen LogP contribution >= 0.6 is 11.3 Å². The van der Waals surface area contributed by atoms with Crippen molar-refractivity contribution in [3.63, 3.8) is 0 Å². The minimum Gasteiger partial charge on any atom is -0.328 e. The maximum absolute atomic E-state index is 11.2. The van der Waals surface area contributed by atoms with Gasteiger partial charge in [0.2, 0.25) is 0 Å². The molecular formula is C16H24N5O2S+3. The first-order chi connectivity index (χ1) is 11.6. The van der Waals surface area contributed by atoms with Gasteiger partial charge in [-0.05, 0) is 17.5 Å². The molecule has 0 saturated carbocycles. The Balaban J connectivity index is 1.74. The van der Waals surface area contributed by atoms with Gasteiger partial charge in [-0.15, -0.1) is 11.3 Å². The Morgan fingerprint density at radius 3 is 2.79 bits per heavy atom. The number of hydrogen-bond acceptors (Lipinski definition) is 4. The van der Waals surface area contributed by atoms with Crippen LogP contribution in [0.5, 0.6) is 0 Å². The summed E-state index contributed by atoms with van der Waals surface area (Å²) in [5, 5.41) is 16.5. The molecule has 1 aliphatic heterocycles. The van der Waals surface area contributed by atoms with Gasteiger partial charge < -0.3 is 9.80 Å². The number of piperazine rings is 1. The fourth-order valence-electron chi connectivity index (χ4n) is 3.21. The summed E-state index contributed by atoms with van der Waals surface area (Å²) >= 11 is 1.76. The first kappa shape index (κ1) is 16.8. The van der Waals surface area contributed by atoms with Crippen LogP contribution in [0, 0.1) is 10.1 Å². The van der Waals surface area contributed by atoms with Crippen molar-refractivity contribution in [3.05, 3.63) is 50.8 Å². The lowest BCUT2D eigenvalue weighted by atomic mass is 10.1. The van der Waals surface area contributed by atoms with Gasteiger partial charge in [-0.1, -0.05) is 6.07 Å². The molecule has 0 bridgehead atoms. The second kappa shape index (κ2) is 7.69. The van der Waals surface area contributed by atoms with E-state index in [0.717, 1.165) is 26.2 Å². The normalized spacial score (nSPS) is 22.0. The Bertz CT molecular complexity index is 671. The predicted molar refractivity (Wildman–Crippen MR) is 92.5 cm³/mol. The molecule has 128 valence electrons. The Morgan fingerprint density at radius 2 is 2.12 bits per heavy atom. The summed E-state index contributed by atoms with van der Waals surface area (Å²) in [5.74, 6) is 0.475. The number of aromatic nitrogens is 1. The molecule has 2 aromatic rings. The number of pyridine rings is 1. The van der Waals surface area contributed by atoms with Crippen molar-refractivity contribution in [2.75, 3.05) is 45.1 Å². The van der Waals surface area contributed by atoms with Gasteiger partial charge in [0.05, 0.1) is 23.0 Å². The molecule has 3 heterocycles. The lowest BCUT2D eigenvalue weighted by Gasteiger charge is -2.32. The second-order valence-electron chi connectivity index (χ2n) is 6.25. The standard InChI is InChI=1S/C16H21N5O2S/c1-19-7-9-20(10-8-19)14(15-5-3-11-24-15)12-18-16-13(21(22)23)4-2-6-17-16/h2-6,11,14H,7-10,12H2,1H3,(H,17,18)/p+3/t14-/m0/s1. The van der Waals surface area contributed by atoms with E-state index in [0.29, 0.717) is 18.4 Å². The van der Waals surface area contributed by atoms with Gasteiger partial charge in [-0.3, -0.25) is 15.4 Å². The zero-order chi connectivity index (χ0) is 16.9. The lowest BCUT2D eigenvalue weighted by molar-refractivity contribution is -1.02. The monoisotopic (exact) mass is 350 g/mol. The first-order valence-corrected chi connectivity index (χ1v) is 9.11. The van der Waals surface area contributed by atoms with E-state index in [1.165, 1.54) is 10.9 Å². The molecule has 24 heavy (non-hydrogen) atoms. The third-order valence-corrected chi connectivity index (χ3v) is 5.62. The maximum Gasteiger partial charge on any atom is 0.357 e. The molecule has 1 saturated heterocycles. The number of nitrogens with one attached hydrogen (secondary N) is 4. The molecule has 2 aromatic heterocycles. The van der Waals surface area contributed by atoms with E-state index in [2.05, 4.69) is 34.9 Å². The molecule has 0 unspecified atom stereocenters. The van der Waals surface area contributed by atoms with Crippen LogP contribution < -0.4 is 20.1 Å². The van der Waals surface area contributed by atoms with Crippen LogP contribution in [0.3, 0.4) is 0 Å². The fourth-order valence-corrected chi connectivity index (χ4v) is 4.09. The van der Waals surface area contributed by atoms with Crippen LogP contribution in [-0.4, -0.2) is 44.7 Å². The van der Waals surface area contributed by atoms with Crippen LogP contribution in [0.25, 0.3) is 0 Å². The maximum atomic E-state index is 11.2. The van der Waals surface area contributed by atoms with Gasteiger partial charge in [-0.2, -0.15) is 0 Å². The van der Waals surface area contributed by atoms with Crippen LogP contribution in [0.15, 0.2) is 35.8 Å². The molecule has 0 aromatic carbocycles. The highest BCUT2D eigenvalue weighted by molar-refractivity contribution is 7.10. The Hall–Kier alpha value is -2.03. The highest BCUT2D eigenvalue weighted by atomic mass is 32.1. The van der Waals surface area contributed by atoms with E-state index in [-0.39, 0.29) is 10.6 Å². The summed E-state index contributed by atoms with van der Waals surface area (Å²) in [7, 11) is 2.23. The van der Waals surface area contributed by atoms with Crippen molar-refractivity contribution >= 4 is 22.8 Å². The Morgan fingerprint density at radius 1 is 1.33 bits per heavy atom. The molecule has 1 aliphatic rings. The number of likely N-dealkylation sites (N-methyl/N-ethyl adjacent to an activating group) is 1. The zero-order valence-electron chi connectivity index (χ0n) is 13.7. The average molecular weight is 350 g/mol. The molecule has 0 amide bonds. The minimum atomic E-state index is -0.356. The first-order valence-electron chi connectivity index (χ1n) is 8.23. The van der Waals surface area contributed by atoms with Crippen LogP contribution in [-0.2, 0) is 0 Å². The van der Waals surface area contributed by atoms with Crippen molar-refractivity contribution in [2.24, 2.45) is 0 Å². The van der Waals surface area contributed by atoms with Crippen LogP contribution in [0.1, 0.15) is 10.9 Å². The van der Waals surface area contributed by atoms with E-state index in [9.17, 15) is 10.1 Å². The molecule has 0 aliphatic carbocycles. The second-order valence-corrected chi connectivity index (χ2v) is 7.23. The highest BCUT2D eigenvalue weighted by Crippen LogP contribution is 2.20. The number of nitro groups is 1. The smallest absolute Gasteiger partial charge is 0.328 e. The zero-order valence-corrected chi connectivity index (χ0v) is 14.6. The number of anilines is 1. The summed E-state index contributed by atoms with van der Waals surface area (Å²) in [4.78, 5) is 18.2. The molecule has 8 heteroatoms. The SMILES string of the molecule is C[NH+]1CC[NH+]([C@@H](CNc2[nH+]cccc2[N+](=O)[O-])c2cccs2)CC1. The van der Waals surface area contributed by atoms with Gasteiger partial charge in [0.15, 0.2) is 6.04 Å². The summed E-state index contributed by atoms with van der Waals surface area (Å²) in [6.07, 6.45) is 1.71. The van der Waals surface area contributed by atoms with E-state index in [1.807, 2.05) is 0 Å². The molecule has 1 fully saturated rings. The average Bonchev–Trinajstić information content (AvgIpc) is 3.11. The summed E-state index contributed by atoms with van der Waals surface area (Å²) in [5.41, 5.74) is 0.0836. The van der Waals surface area contributed by atoms with E-state index in [4.69, 9.17) is 0 Å². The van der Waals surface area contributed by atoms with E-state index >= 15 is 0 Å². The number of rotatable bonds is 6. The van der Waals surface area contributed by atoms with Crippen LogP contribution in [0.4, 0.5) is 11.5 Å². The van der Waals surface area contributed by atoms with Gasteiger partial charge in [0.25, 0.3) is 0 Å². The summed E-state index contributed by atoms with van der Waals surface area (Å²) in [6.45, 7) is 5.24. The van der Waals surface area contributed by atoms with Crippen molar-refractivity contribution in [1.29, 1.82) is 0 Å². The van der Waals surface area contributed by atoms with Gasteiger partial charge in [0.1, 0.15) is 32.7 Å². The fraction of sp³-hybridized carbons (Fsp3) is 0.438. The highest BCUT2D eigenvalue weighted by Gasteiger charge is 2.32. The van der Waals surface area contributed by atoms with E-state index < -0.39 is 0 Å². The lowest BCUT2D eigenvalue weighted by Crippen LogP contribution is -3.27. The van der Waals surface area contributed by atoms with Crippen LogP contribution in [0.2, 0.25) is 0 Å². The van der Waals surface area contributed by atoms with Gasteiger partial charge in [0, 0.05) is 6.07 Å². The Labute approximate surface area is 145 Å². The molecule has 7 nitrogen and oxygen atoms in total. The third-order valence-electron chi connectivity index (χ3n) is 4.64. The number of thiophene rings is 1. The molecule has 4 N–H and O–H groups in total. The largest absolute Gasteiger partial charge is 0.357 e. The molecule has 3 rings (SSSR count). The summed E-state index contributed by atoms with van der Waals surface area (Å²) in [6, 6.07) is 7.72. The van der Waals surface area contributed by atoms with E-state index in [1.54, 1.807) is 33.4 Å². The van der Waals surface area contributed by atoms with Crippen molar-refractivity contribution in [2.45, 2.75) is 6.04 Å². The number of nitrogens with zero attached hydrogens (tertiary/aromatic N) is 1. The van der Waals surface area contributed by atoms with Gasteiger partial charge >= 0.3 is 11.5 Å². The van der Waals surface area contributed by atoms with Crippen molar-refractivity contribution in [1.82, 2.24) is 0 Å². The Kier molecular flexibility index (Phi) is 5.39. The predicted octanol–water partition coefficient (Wildman–Crippen LogP) is -0.963. The number of quaternary nitrogens is 2. The quantitative estimate of drug-likeness (QED) is 0.464. The number of aromatic amines is 1. The third kappa shape index (κ3) is 3.89. The minimum absolute atomic E-state index is 0.0836. The molecular weight excluding hydrogens is 326 g/mol. The van der Waals surface area contributed by atoms with Crippen molar-refractivity contribution < 1.29 is 19.7 Å². The molecule has 0 spiro atoms. The molecule has 1 atom stereocenters. The number of hydrogen-bond donors (Lipinski definition) is 3. The molecule has 0 radical (unpaired) electrons. The number of H-pyrrole nitrogens is 1.